The van der Waals surface area contributed by atoms with Gasteiger partial charge in [0, 0.05) is 67.1 Å². The van der Waals surface area contributed by atoms with Crippen LogP contribution < -0.4 is 10.1 Å². The highest BCUT2D eigenvalue weighted by atomic mass is 19.1. The van der Waals surface area contributed by atoms with E-state index in [1.165, 1.54) is 12.1 Å². The zero-order valence-corrected chi connectivity index (χ0v) is 18.8. The molecule has 33 heavy (non-hydrogen) atoms. The number of aromatic nitrogens is 1. The van der Waals surface area contributed by atoms with Gasteiger partial charge in [0.15, 0.2) is 0 Å². The molecule has 1 unspecified atom stereocenters. The van der Waals surface area contributed by atoms with Crippen molar-refractivity contribution in [3.8, 4) is 16.9 Å². The Morgan fingerprint density at radius 1 is 1.06 bits per heavy atom. The highest BCUT2D eigenvalue weighted by Gasteiger charge is 2.28. The standard InChI is InChI=1S/C26H27FN4O2/c1-30-7-9-31(10-8-30)26(32)18-11-17(12-20(27)13-18)19-14-22-23(16-29-25(22)28-15-19)21-5-3-4-6-24(21)33-2/h3-6,11-15,23H,7-10,16H2,1-2H3,(H,28,29). The van der Waals surface area contributed by atoms with Crippen molar-refractivity contribution in [2.24, 2.45) is 0 Å². The molecule has 0 radical (unpaired) electrons. The number of nitrogens with zero attached hydrogens (tertiary/aromatic N) is 3. The number of fused-ring (bicyclic) bond motifs is 1. The average Bonchev–Trinajstić information content (AvgIpc) is 3.26. The van der Waals surface area contributed by atoms with E-state index in [0.717, 1.165) is 41.3 Å². The molecule has 1 atom stereocenters. The monoisotopic (exact) mass is 446 g/mol. The normalized spacial score (nSPS) is 18.0. The number of methoxy groups -OCH3 is 1. The maximum Gasteiger partial charge on any atom is 0.254 e. The minimum absolute atomic E-state index is 0.0728. The number of carbonyl (C=O) groups is 1. The van der Waals surface area contributed by atoms with Gasteiger partial charge in [-0.15, -0.1) is 0 Å². The van der Waals surface area contributed by atoms with Gasteiger partial charge in [-0.3, -0.25) is 4.79 Å². The number of carbonyl (C=O) groups excluding carboxylic acids is 1. The number of piperazine rings is 1. The number of likely N-dealkylation sites (N-methyl/N-ethyl adjacent to an activating group) is 1. The molecule has 0 bridgehead atoms. The molecule has 3 aromatic rings. The Kier molecular flexibility index (Phi) is 5.72. The zero-order chi connectivity index (χ0) is 22.9. The quantitative estimate of drug-likeness (QED) is 0.660. The molecular formula is C26H27FN4O2. The lowest BCUT2D eigenvalue weighted by atomic mass is 9.91. The van der Waals surface area contributed by atoms with Crippen LogP contribution in [0.5, 0.6) is 5.75 Å². The molecule has 5 rings (SSSR count). The highest BCUT2D eigenvalue weighted by molar-refractivity contribution is 5.95. The lowest BCUT2D eigenvalue weighted by Crippen LogP contribution is -2.47. The molecule has 1 fully saturated rings. The summed E-state index contributed by atoms with van der Waals surface area (Å²) in [4.78, 5) is 21.6. The van der Waals surface area contributed by atoms with Crippen molar-refractivity contribution >= 4 is 11.7 Å². The van der Waals surface area contributed by atoms with Gasteiger partial charge < -0.3 is 19.9 Å². The van der Waals surface area contributed by atoms with E-state index in [1.807, 2.05) is 31.3 Å². The Hall–Kier alpha value is -3.45. The lowest BCUT2D eigenvalue weighted by molar-refractivity contribution is 0.0663. The van der Waals surface area contributed by atoms with Gasteiger partial charge >= 0.3 is 0 Å². The molecule has 170 valence electrons. The molecule has 2 aliphatic rings. The van der Waals surface area contributed by atoms with E-state index < -0.39 is 5.82 Å². The van der Waals surface area contributed by atoms with Gasteiger partial charge in [-0.25, -0.2) is 9.37 Å². The lowest BCUT2D eigenvalue weighted by Gasteiger charge is -2.32. The van der Waals surface area contributed by atoms with E-state index in [0.29, 0.717) is 30.8 Å². The Morgan fingerprint density at radius 3 is 2.64 bits per heavy atom. The number of hydrogen-bond acceptors (Lipinski definition) is 5. The van der Waals surface area contributed by atoms with Crippen LogP contribution in [-0.4, -0.2) is 67.6 Å². The summed E-state index contributed by atoms with van der Waals surface area (Å²) in [5.41, 5.74) is 3.91. The number of halogens is 1. The molecule has 3 heterocycles. The van der Waals surface area contributed by atoms with Crippen LogP contribution in [0.25, 0.3) is 11.1 Å². The summed E-state index contributed by atoms with van der Waals surface area (Å²) < 4.78 is 20.2. The maximum absolute atomic E-state index is 14.6. The van der Waals surface area contributed by atoms with Gasteiger partial charge in [-0.05, 0) is 42.9 Å². The van der Waals surface area contributed by atoms with E-state index in [2.05, 4.69) is 21.3 Å². The van der Waals surface area contributed by atoms with Crippen molar-refractivity contribution in [2.75, 3.05) is 52.2 Å². The van der Waals surface area contributed by atoms with Crippen LogP contribution in [0.15, 0.2) is 54.7 Å². The smallest absolute Gasteiger partial charge is 0.254 e. The van der Waals surface area contributed by atoms with Crippen molar-refractivity contribution < 1.29 is 13.9 Å². The summed E-state index contributed by atoms with van der Waals surface area (Å²) in [5, 5.41) is 3.36. The first-order valence-corrected chi connectivity index (χ1v) is 11.2. The van der Waals surface area contributed by atoms with Crippen molar-refractivity contribution in [3.05, 3.63) is 77.2 Å². The molecule has 0 aliphatic carbocycles. The van der Waals surface area contributed by atoms with Crippen molar-refractivity contribution in [1.29, 1.82) is 0 Å². The van der Waals surface area contributed by atoms with E-state index in [1.54, 1.807) is 24.3 Å². The molecule has 0 spiro atoms. The maximum atomic E-state index is 14.6. The van der Waals surface area contributed by atoms with E-state index >= 15 is 0 Å². The largest absolute Gasteiger partial charge is 0.496 e. The van der Waals surface area contributed by atoms with Crippen LogP contribution >= 0.6 is 0 Å². The van der Waals surface area contributed by atoms with Gasteiger partial charge in [0.25, 0.3) is 5.91 Å². The number of hydrogen-bond donors (Lipinski definition) is 1. The zero-order valence-electron chi connectivity index (χ0n) is 18.8. The molecule has 1 saturated heterocycles. The molecule has 1 aromatic heterocycles. The van der Waals surface area contributed by atoms with Crippen LogP contribution in [-0.2, 0) is 0 Å². The summed E-state index contributed by atoms with van der Waals surface area (Å²) in [5.74, 6) is 1.16. The molecule has 0 saturated carbocycles. The van der Waals surface area contributed by atoms with Gasteiger partial charge in [-0.1, -0.05) is 18.2 Å². The second kappa shape index (κ2) is 8.83. The second-order valence-corrected chi connectivity index (χ2v) is 8.66. The number of amides is 1. The summed E-state index contributed by atoms with van der Waals surface area (Å²) in [7, 11) is 3.71. The predicted octanol–water partition coefficient (Wildman–Crippen LogP) is 3.84. The molecule has 2 aliphatic heterocycles. The van der Waals surface area contributed by atoms with Crippen LogP contribution in [0.4, 0.5) is 10.2 Å². The fourth-order valence-electron chi connectivity index (χ4n) is 4.67. The van der Waals surface area contributed by atoms with Gasteiger partial charge in [0.2, 0.25) is 0 Å². The first-order valence-electron chi connectivity index (χ1n) is 11.2. The highest BCUT2D eigenvalue weighted by Crippen LogP contribution is 2.40. The molecule has 1 N–H and O–H groups in total. The van der Waals surface area contributed by atoms with E-state index in [9.17, 15) is 9.18 Å². The SMILES string of the molecule is COc1ccccc1C1CNc2ncc(-c3cc(F)cc(C(=O)N4CCN(C)CC4)c3)cc21. The summed E-state index contributed by atoms with van der Waals surface area (Å²) in [6, 6.07) is 14.6. The Labute approximate surface area is 193 Å². The third-order valence-electron chi connectivity index (χ3n) is 6.55. The number of ether oxygens (including phenoxy) is 1. The summed E-state index contributed by atoms with van der Waals surface area (Å²) >= 11 is 0. The number of para-hydroxylation sites is 1. The van der Waals surface area contributed by atoms with Gasteiger partial charge in [-0.2, -0.15) is 0 Å². The van der Waals surface area contributed by atoms with E-state index in [-0.39, 0.29) is 11.8 Å². The fraction of sp³-hybridized carbons (Fsp3) is 0.308. The minimum atomic E-state index is -0.426. The molecular weight excluding hydrogens is 419 g/mol. The number of nitrogens with one attached hydrogen (secondary N) is 1. The van der Waals surface area contributed by atoms with Crippen LogP contribution in [0.2, 0.25) is 0 Å². The predicted molar refractivity (Wildman–Crippen MR) is 126 cm³/mol. The number of anilines is 1. The third-order valence-corrected chi connectivity index (χ3v) is 6.55. The van der Waals surface area contributed by atoms with Crippen molar-refractivity contribution in [1.82, 2.24) is 14.8 Å². The van der Waals surface area contributed by atoms with Gasteiger partial charge in [0.05, 0.1) is 7.11 Å². The molecule has 7 heteroatoms. The van der Waals surface area contributed by atoms with Crippen molar-refractivity contribution in [3.63, 3.8) is 0 Å². The molecule has 6 nitrogen and oxygen atoms in total. The van der Waals surface area contributed by atoms with Crippen LogP contribution in [0.1, 0.15) is 27.4 Å². The third kappa shape index (κ3) is 4.16. The Balaban J connectivity index is 1.48. The molecule has 2 aromatic carbocycles. The first kappa shape index (κ1) is 21.4. The first-order chi connectivity index (χ1) is 16.0. The Morgan fingerprint density at radius 2 is 1.85 bits per heavy atom. The fourth-order valence-corrected chi connectivity index (χ4v) is 4.67. The molecule has 1 amide bonds. The van der Waals surface area contributed by atoms with E-state index in [4.69, 9.17) is 4.74 Å². The topological polar surface area (TPSA) is 57.7 Å². The minimum Gasteiger partial charge on any atom is -0.496 e. The number of rotatable bonds is 4. The second-order valence-electron chi connectivity index (χ2n) is 8.66. The number of benzene rings is 2. The Bertz CT molecular complexity index is 1190. The number of pyridine rings is 1. The van der Waals surface area contributed by atoms with Crippen molar-refractivity contribution in [2.45, 2.75) is 5.92 Å². The summed E-state index contributed by atoms with van der Waals surface area (Å²) in [6.07, 6.45) is 1.73. The van der Waals surface area contributed by atoms with Crippen LogP contribution in [0.3, 0.4) is 0 Å². The van der Waals surface area contributed by atoms with Gasteiger partial charge in [0.1, 0.15) is 17.4 Å². The average molecular weight is 447 g/mol. The van der Waals surface area contributed by atoms with Crippen LogP contribution in [0, 0.1) is 5.82 Å². The summed E-state index contributed by atoms with van der Waals surface area (Å²) in [6.45, 7) is 3.64.